The topological polar surface area (TPSA) is 72.2 Å². The van der Waals surface area contributed by atoms with Gasteiger partial charge in [-0.3, -0.25) is 14.9 Å². The number of carbonyl (C=O) groups excluding carboxylic acids is 1. The SMILES string of the molecule is CC(C)(C)CC(=O)Nc1cccc([N+](=O)[O-])c1. The number of anilines is 1. The fourth-order valence-corrected chi connectivity index (χ4v) is 1.38. The molecule has 0 saturated carbocycles. The summed E-state index contributed by atoms with van der Waals surface area (Å²) in [5, 5.41) is 13.2. The highest BCUT2D eigenvalue weighted by Crippen LogP contribution is 2.21. The average molecular weight is 236 g/mol. The van der Waals surface area contributed by atoms with E-state index in [9.17, 15) is 14.9 Å². The molecule has 92 valence electrons. The Hall–Kier alpha value is -1.91. The van der Waals surface area contributed by atoms with Gasteiger partial charge in [0.05, 0.1) is 4.92 Å². The van der Waals surface area contributed by atoms with Crippen molar-refractivity contribution < 1.29 is 9.72 Å². The molecule has 1 amide bonds. The summed E-state index contributed by atoms with van der Waals surface area (Å²) >= 11 is 0. The fraction of sp³-hybridized carbons (Fsp3) is 0.417. The molecule has 17 heavy (non-hydrogen) atoms. The Bertz CT molecular complexity index is 436. The minimum Gasteiger partial charge on any atom is -0.326 e. The first-order valence-electron chi connectivity index (χ1n) is 5.32. The Kier molecular flexibility index (Phi) is 3.83. The van der Waals surface area contributed by atoms with E-state index in [-0.39, 0.29) is 17.0 Å². The number of rotatable bonds is 3. The highest BCUT2D eigenvalue weighted by molar-refractivity contribution is 5.91. The Labute approximate surface area is 100.0 Å². The molecule has 1 aromatic rings. The smallest absolute Gasteiger partial charge is 0.271 e. The Morgan fingerprint density at radius 3 is 2.59 bits per heavy atom. The van der Waals surface area contributed by atoms with Crippen LogP contribution < -0.4 is 5.32 Å². The summed E-state index contributed by atoms with van der Waals surface area (Å²) in [6.45, 7) is 5.88. The van der Waals surface area contributed by atoms with Crippen molar-refractivity contribution in [3.8, 4) is 0 Å². The number of benzene rings is 1. The van der Waals surface area contributed by atoms with Gasteiger partial charge in [-0.25, -0.2) is 0 Å². The molecule has 5 nitrogen and oxygen atoms in total. The van der Waals surface area contributed by atoms with E-state index in [1.54, 1.807) is 12.1 Å². The molecule has 0 spiro atoms. The summed E-state index contributed by atoms with van der Waals surface area (Å²) in [5.41, 5.74) is 0.317. The third-order valence-electron chi connectivity index (χ3n) is 2.03. The van der Waals surface area contributed by atoms with Gasteiger partial charge in [-0.2, -0.15) is 0 Å². The molecule has 0 radical (unpaired) electrons. The van der Waals surface area contributed by atoms with Gasteiger partial charge >= 0.3 is 0 Å². The van der Waals surface area contributed by atoms with Crippen LogP contribution in [0.4, 0.5) is 11.4 Å². The van der Waals surface area contributed by atoms with Gasteiger partial charge < -0.3 is 5.32 Å². The summed E-state index contributed by atoms with van der Waals surface area (Å²) in [6.07, 6.45) is 0.371. The van der Waals surface area contributed by atoms with E-state index in [1.807, 2.05) is 20.8 Å². The van der Waals surface area contributed by atoms with E-state index >= 15 is 0 Å². The van der Waals surface area contributed by atoms with Gasteiger partial charge in [-0.15, -0.1) is 0 Å². The van der Waals surface area contributed by atoms with Crippen molar-refractivity contribution in [1.29, 1.82) is 0 Å². The molecule has 0 heterocycles. The van der Waals surface area contributed by atoms with Crippen molar-refractivity contribution in [1.82, 2.24) is 0 Å². The molecular weight excluding hydrogens is 220 g/mol. The molecule has 0 fully saturated rings. The van der Waals surface area contributed by atoms with Crippen LogP contribution in [-0.2, 0) is 4.79 Å². The number of nitrogens with zero attached hydrogens (tertiary/aromatic N) is 1. The highest BCUT2D eigenvalue weighted by atomic mass is 16.6. The van der Waals surface area contributed by atoms with Crippen LogP contribution >= 0.6 is 0 Å². The molecule has 1 N–H and O–H groups in total. The van der Waals surface area contributed by atoms with E-state index in [4.69, 9.17) is 0 Å². The van der Waals surface area contributed by atoms with Crippen molar-refractivity contribution in [2.45, 2.75) is 27.2 Å². The molecule has 1 rings (SSSR count). The maximum Gasteiger partial charge on any atom is 0.271 e. The standard InChI is InChI=1S/C12H16N2O3/c1-12(2,3)8-11(15)13-9-5-4-6-10(7-9)14(16)17/h4-7H,8H2,1-3H3,(H,13,15). The lowest BCUT2D eigenvalue weighted by molar-refractivity contribution is -0.384. The predicted molar refractivity (Wildman–Crippen MR) is 65.8 cm³/mol. The third-order valence-corrected chi connectivity index (χ3v) is 2.03. The van der Waals surface area contributed by atoms with Crippen LogP contribution in [0.3, 0.4) is 0 Å². The number of amides is 1. The average Bonchev–Trinajstić information content (AvgIpc) is 2.14. The van der Waals surface area contributed by atoms with Gasteiger partial charge in [0.2, 0.25) is 5.91 Å². The molecule has 0 saturated heterocycles. The van der Waals surface area contributed by atoms with E-state index in [1.165, 1.54) is 12.1 Å². The van der Waals surface area contributed by atoms with Gasteiger partial charge in [0.1, 0.15) is 0 Å². The first kappa shape index (κ1) is 13.2. The van der Waals surface area contributed by atoms with Crippen LogP contribution in [0, 0.1) is 15.5 Å². The van der Waals surface area contributed by atoms with Crippen LogP contribution in [0.1, 0.15) is 27.2 Å². The van der Waals surface area contributed by atoms with Crippen LogP contribution in [-0.4, -0.2) is 10.8 Å². The Balaban J connectivity index is 2.72. The van der Waals surface area contributed by atoms with E-state index in [0.29, 0.717) is 12.1 Å². The summed E-state index contributed by atoms with van der Waals surface area (Å²) < 4.78 is 0. The minimum absolute atomic E-state index is 0.0291. The molecule has 1 aromatic carbocycles. The van der Waals surface area contributed by atoms with Crippen molar-refractivity contribution in [2.75, 3.05) is 5.32 Å². The lowest BCUT2D eigenvalue weighted by Gasteiger charge is -2.17. The van der Waals surface area contributed by atoms with Gasteiger partial charge in [-0.1, -0.05) is 26.8 Å². The second kappa shape index (κ2) is 4.95. The second-order valence-corrected chi connectivity index (χ2v) is 5.09. The summed E-state index contributed by atoms with van der Waals surface area (Å²) in [5.74, 6) is -0.141. The van der Waals surface area contributed by atoms with Crippen molar-refractivity contribution >= 4 is 17.3 Å². The van der Waals surface area contributed by atoms with E-state index in [0.717, 1.165) is 0 Å². The van der Waals surface area contributed by atoms with E-state index in [2.05, 4.69) is 5.32 Å². The van der Waals surface area contributed by atoms with Gasteiger partial charge in [0.25, 0.3) is 5.69 Å². The molecule has 5 heteroatoms. The number of carbonyl (C=O) groups is 1. The van der Waals surface area contributed by atoms with Crippen molar-refractivity contribution in [2.24, 2.45) is 5.41 Å². The van der Waals surface area contributed by atoms with Gasteiger partial charge in [0, 0.05) is 24.2 Å². The van der Waals surface area contributed by atoms with Crippen LogP contribution in [0.25, 0.3) is 0 Å². The zero-order valence-corrected chi connectivity index (χ0v) is 10.2. The highest BCUT2D eigenvalue weighted by Gasteiger charge is 2.16. The quantitative estimate of drug-likeness (QED) is 0.647. The number of nitro groups is 1. The molecule has 0 bridgehead atoms. The third kappa shape index (κ3) is 4.63. The normalized spacial score (nSPS) is 11.0. The van der Waals surface area contributed by atoms with Gasteiger partial charge in [0.15, 0.2) is 0 Å². The van der Waals surface area contributed by atoms with Crippen LogP contribution in [0.5, 0.6) is 0 Å². The number of non-ortho nitro benzene ring substituents is 1. The predicted octanol–water partition coefficient (Wildman–Crippen LogP) is 2.97. The molecule has 0 aliphatic rings. The fourth-order valence-electron chi connectivity index (χ4n) is 1.38. The summed E-state index contributed by atoms with van der Waals surface area (Å²) in [7, 11) is 0. The number of nitro benzene ring substituents is 1. The molecule has 0 aliphatic heterocycles. The maximum atomic E-state index is 11.6. The first-order chi connectivity index (χ1) is 7.78. The zero-order chi connectivity index (χ0) is 13.1. The van der Waals surface area contributed by atoms with Crippen molar-refractivity contribution in [3.05, 3.63) is 34.4 Å². The Morgan fingerprint density at radius 2 is 2.06 bits per heavy atom. The lowest BCUT2D eigenvalue weighted by Crippen LogP contribution is -2.19. The van der Waals surface area contributed by atoms with Gasteiger partial charge in [-0.05, 0) is 11.5 Å². The summed E-state index contributed by atoms with van der Waals surface area (Å²) in [6, 6.07) is 5.92. The van der Waals surface area contributed by atoms with Crippen LogP contribution in [0.15, 0.2) is 24.3 Å². The monoisotopic (exact) mass is 236 g/mol. The first-order valence-corrected chi connectivity index (χ1v) is 5.32. The molecule has 0 aliphatic carbocycles. The van der Waals surface area contributed by atoms with Crippen LogP contribution in [0.2, 0.25) is 0 Å². The van der Waals surface area contributed by atoms with Crippen molar-refractivity contribution in [3.63, 3.8) is 0 Å². The lowest BCUT2D eigenvalue weighted by atomic mass is 9.92. The Morgan fingerprint density at radius 1 is 1.41 bits per heavy atom. The number of hydrogen-bond acceptors (Lipinski definition) is 3. The van der Waals surface area contributed by atoms with E-state index < -0.39 is 4.92 Å². The zero-order valence-electron chi connectivity index (χ0n) is 10.2. The minimum atomic E-state index is -0.487. The molecule has 0 atom stereocenters. The molecule has 0 aromatic heterocycles. The molecular formula is C12H16N2O3. The number of nitrogens with one attached hydrogen (secondary N) is 1. The summed E-state index contributed by atoms with van der Waals surface area (Å²) in [4.78, 5) is 21.7. The maximum absolute atomic E-state index is 11.6. The largest absolute Gasteiger partial charge is 0.326 e. The number of hydrogen-bond donors (Lipinski definition) is 1. The second-order valence-electron chi connectivity index (χ2n) is 5.09. The molecule has 0 unspecified atom stereocenters.